The first-order valence-corrected chi connectivity index (χ1v) is 7.28. The molecule has 1 amide bonds. The van der Waals surface area contributed by atoms with Crippen molar-refractivity contribution in [3.63, 3.8) is 0 Å². The zero-order valence-corrected chi connectivity index (χ0v) is 12.2. The Labute approximate surface area is 117 Å². The lowest BCUT2D eigenvalue weighted by Gasteiger charge is -2.36. The van der Waals surface area contributed by atoms with Crippen LogP contribution in [0.5, 0.6) is 0 Å². The molecule has 19 heavy (non-hydrogen) atoms. The molecule has 0 saturated carbocycles. The van der Waals surface area contributed by atoms with Crippen LogP contribution in [0.3, 0.4) is 0 Å². The Hall–Kier alpha value is -1.34. The summed E-state index contributed by atoms with van der Waals surface area (Å²) in [5.41, 5.74) is 11.5. The molecular formula is C12H21N5OS. The number of primary amides is 1. The van der Waals surface area contributed by atoms with Gasteiger partial charge in [0.2, 0.25) is 0 Å². The summed E-state index contributed by atoms with van der Waals surface area (Å²) in [4.78, 5) is 16.0. The van der Waals surface area contributed by atoms with E-state index < -0.39 is 5.91 Å². The molecule has 0 spiro atoms. The summed E-state index contributed by atoms with van der Waals surface area (Å²) in [5, 5.41) is 0.814. The van der Waals surface area contributed by atoms with Crippen molar-refractivity contribution in [3.05, 3.63) is 5.56 Å². The van der Waals surface area contributed by atoms with Crippen molar-refractivity contribution in [1.82, 2.24) is 9.27 Å². The van der Waals surface area contributed by atoms with Crippen molar-refractivity contribution >= 4 is 28.3 Å². The number of amides is 1. The van der Waals surface area contributed by atoms with Crippen LogP contribution in [-0.4, -0.2) is 47.9 Å². The average Bonchev–Trinajstić information content (AvgIpc) is 2.71. The molecule has 0 aromatic carbocycles. The number of nitrogen functional groups attached to an aromatic ring is 1. The second-order valence-corrected chi connectivity index (χ2v) is 6.05. The zero-order chi connectivity index (χ0) is 14.0. The summed E-state index contributed by atoms with van der Waals surface area (Å²) in [7, 11) is 0. The minimum Gasteiger partial charge on any atom is -0.382 e. The Morgan fingerprint density at radius 3 is 2.53 bits per heavy atom. The van der Waals surface area contributed by atoms with E-state index in [1.54, 1.807) is 0 Å². The molecule has 0 bridgehead atoms. The van der Waals surface area contributed by atoms with Gasteiger partial charge in [-0.15, -0.1) is 0 Å². The molecule has 0 aliphatic carbocycles. The van der Waals surface area contributed by atoms with Gasteiger partial charge in [0.25, 0.3) is 5.91 Å². The van der Waals surface area contributed by atoms with E-state index >= 15 is 0 Å². The Morgan fingerprint density at radius 1 is 1.37 bits per heavy atom. The monoisotopic (exact) mass is 283 g/mol. The van der Waals surface area contributed by atoms with Crippen LogP contribution in [0.15, 0.2) is 0 Å². The van der Waals surface area contributed by atoms with Crippen molar-refractivity contribution in [2.45, 2.75) is 13.8 Å². The minimum absolute atomic E-state index is 0.247. The third kappa shape index (κ3) is 3.16. The van der Waals surface area contributed by atoms with Gasteiger partial charge in [-0.3, -0.25) is 9.69 Å². The number of hydrogen-bond donors (Lipinski definition) is 2. The molecular weight excluding hydrogens is 262 g/mol. The molecule has 1 aromatic rings. The maximum absolute atomic E-state index is 11.4. The fraction of sp³-hybridized carbons (Fsp3) is 0.667. The van der Waals surface area contributed by atoms with Crippen LogP contribution in [-0.2, 0) is 0 Å². The molecule has 1 fully saturated rings. The number of nitrogens with zero attached hydrogens (tertiary/aromatic N) is 3. The number of hydrogen-bond acceptors (Lipinski definition) is 6. The number of carbonyl (C=O) groups excluding carboxylic acids is 1. The van der Waals surface area contributed by atoms with Gasteiger partial charge in [-0.05, 0) is 17.5 Å². The Bertz CT molecular complexity index is 451. The van der Waals surface area contributed by atoms with Gasteiger partial charge in [-0.1, -0.05) is 13.8 Å². The first-order valence-electron chi connectivity index (χ1n) is 6.51. The summed E-state index contributed by atoms with van der Waals surface area (Å²) in [6.45, 7) is 9.32. The highest BCUT2D eigenvalue weighted by Gasteiger charge is 2.25. The normalized spacial score (nSPS) is 17.1. The molecule has 4 N–H and O–H groups in total. The SMILES string of the molecule is CC(C)CN1CCN(c2snc(N)c2C(N)=O)CC1. The van der Waals surface area contributed by atoms with Crippen LogP contribution in [0.4, 0.5) is 10.8 Å². The van der Waals surface area contributed by atoms with Crippen molar-refractivity contribution in [1.29, 1.82) is 0 Å². The van der Waals surface area contributed by atoms with E-state index in [9.17, 15) is 4.79 Å². The lowest BCUT2D eigenvalue weighted by Crippen LogP contribution is -2.47. The van der Waals surface area contributed by atoms with E-state index in [0.29, 0.717) is 11.5 Å². The number of aromatic nitrogens is 1. The van der Waals surface area contributed by atoms with Crippen LogP contribution >= 0.6 is 11.5 Å². The first kappa shape index (κ1) is 14.1. The van der Waals surface area contributed by atoms with E-state index in [2.05, 4.69) is 28.0 Å². The third-order valence-electron chi connectivity index (χ3n) is 3.23. The van der Waals surface area contributed by atoms with Crippen LogP contribution in [0.25, 0.3) is 0 Å². The van der Waals surface area contributed by atoms with Crippen molar-refractivity contribution in [2.75, 3.05) is 43.4 Å². The fourth-order valence-electron chi connectivity index (χ4n) is 2.39. The Morgan fingerprint density at radius 2 is 2.00 bits per heavy atom. The quantitative estimate of drug-likeness (QED) is 0.845. The highest BCUT2D eigenvalue weighted by atomic mass is 32.1. The molecule has 0 unspecified atom stereocenters. The number of piperazine rings is 1. The predicted molar refractivity (Wildman–Crippen MR) is 78.5 cm³/mol. The van der Waals surface area contributed by atoms with Gasteiger partial charge < -0.3 is 16.4 Å². The number of carbonyl (C=O) groups is 1. The lowest BCUT2D eigenvalue weighted by atomic mass is 10.2. The topological polar surface area (TPSA) is 88.5 Å². The Kier molecular flexibility index (Phi) is 4.26. The van der Waals surface area contributed by atoms with Gasteiger partial charge in [-0.2, -0.15) is 4.37 Å². The standard InChI is InChI=1S/C12H21N5OS/c1-8(2)7-16-3-5-17(6-4-16)12-9(11(14)18)10(13)15-19-12/h8H,3-7H2,1-2H3,(H2,13,15)(H2,14,18). The smallest absolute Gasteiger partial charge is 0.255 e. The van der Waals surface area contributed by atoms with E-state index in [1.807, 2.05) is 0 Å². The molecule has 7 heteroatoms. The Balaban J connectivity index is 2.04. The summed E-state index contributed by atoms with van der Waals surface area (Å²) in [5.74, 6) is 0.426. The van der Waals surface area contributed by atoms with Gasteiger partial charge >= 0.3 is 0 Å². The van der Waals surface area contributed by atoms with Crippen LogP contribution in [0.2, 0.25) is 0 Å². The molecule has 2 heterocycles. The van der Waals surface area contributed by atoms with Crippen LogP contribution in [0.1, 0.15) is 24.2 Å². The summed E-state index contributed by atoms with van der Waals surface area (Å²) >= 11 is 1.26. The highest BCUT2D eigenvalue weighted by molar-refractivity contribution is 7.11. The lowest BCUT2D eigenvalue weighted by molar-refractivity contribution is 0.100. The maximum atomic E-state index is 11.4. The summed E-state index contributed by atoms with van der Waals surface area (Å²) in [6, 6.07) is 0. The van der Waals surface area contributed by atoms with Crippen molar-refractivity contribution < 1.29 is 4.79 Å². The predicted octanol–water partition coefficient (Wildman–Crippen LogP) is 0.602. The molecule has 0 radical (unpaired) electrons. The minimum atomic E-state index is -0.495. The molecule has 106 valence electrons. The molecule has 1 saturated heterocycles. The molecule has 2 rings (SSSR count). The highest BCUT2D eigenvalue weighted by Crippen LogP contribution is 2.30. The van der Waals surface area contributed by atoms with Gasteiger partial charge in [0.15, 0.2) is 5.82 Å². The summed E-state index contributed by atoms with van der Waals surface area (Å²) in [6.07, 6.45) is 0. The third-order valence-corrected chi connectivity index (χ3v) is 4.15. The van der Waals surface area contributed by atoms with Gasteiger partial charge in [0, 0.05) is 32.7 Å². The number of rotatable bonds is 4. The van der Waals surface area contributed by atoms with E-state index in [1.165, 1.54) is 11.5 Å². The van der Waals surface area contributed by atoms with Gasteiger partial charge in [0.05, 0.1) is 0 Å². The van der Waals surface area contributed by atoms with Crippen molar-refractivity contribution in [3.8, 4) is 0 Å². The van der Waals surface area contributed by atoms with E-state index in [4.69, 9.17) is 11.5 Å². The number of nitrogens with two attached hydrogens (primary N) is 2. The molecule has 6 nitrogen and oxygen atoms in total. The first-order chi connectivity index (χ1) is 8.99. The van der Waals surface area contributed by atoms with E-state index in [0.717, 1.165) is 37.7 Å². The largest absolute Gasteiger partial charge is 0.382 e. The maximum Gasteiger partial charge on any atom is 0.255 e. The van der Waals surface area contributed by atoms with Gasteiger partial charge in [-0.25, -0.2) is 0 Å². The van der Waals surface area contributed by atoms with E-state index in [-0.39, 0.29) is 5.82 Å². The molecule has 1 aliphatic heterocycles. The zero-order valence-electron chi connectivity index (χ0n) is 11.4. The summed E-state index contributed by atoms with van der Waals surface area (Å²) < 4.78 is 4.04. The molecule has 1 aliphatic rings. The molecule has 1 aromatic heterocycles. The average molecular weight is 283 g/mol. The second kappa shape index (κ2) is 5.75. The van der Waals surface area contributed by atoms with Crippen LogP contribution in [0, 0.1) is 5.92 Å². The fourth-order valence-corrected chi connectivity index (χ4v) is 3.26. The van der Waals surface area contributed by atoms with Crippen LogP contribution < -0.4 is 16.4 Å². The molecule has 0 atom stereocenters. The van der Waals surface area contributed by atoms with Gasteiger partial charge in [0.1, 0.15) is 10.6 Å². The number of anilines is 2. The second-order valence-electron chi connectivity index (χ2n) is 5.29. The van der Waals surface area contributed by atoms with Crippen molar-refractivity contribution in [2.24, 2.45) is 11.7 Å².